The Morgan fingerprint density at radius 1 is 1.24 bits per heavy atom. The summed E-state index contributed by atoms with van der Waals surface area (Å²) in [5.41, 5.74) is 8.68. The largest absolute Gasteiger partial charge is 0.482 e. The van der Waals surface area contributed by atoms with Gasteiger partial charge >= 0.3 is 0 Å². The minimum atomic E-state index is -0.229. The fraction of sp³-hybridized carbons (Fsp3) is 0.125. The predicted molar refractivity (Wildman–Crippen MR) is 79.6 cm³/mol. The van der Waals surface area contributed by atoms with E-state index in [9.17, 15) is 9.59 Å². The molecule has 1 aliphatic heterocycles. The normalized spacial score (nSPS) is 13.1. The monoisotopic (exact) mass is 282 g/mol. The molecular formula is C16H14N2O3. The molecule has 0 aliphatic carbocycles. The summed E-state index contributed by atoms with van der Waals surface area (Å²) in [7, 11) is 0. The number of ether oxygens (including phenoxy) is 1. The molecule has 5 heteroatoms. The number of hydrogen-bond acceptors (Lipinski definition) is 4. The molecule has 0 unspecified atom stereocenters. The number of amides is 1. The second-order valence-electron chi connectivity index (χ2n) is 4.95. The average molecular weight is 282 g/mol. The second kappa shape index (κ2) is 4.94. The molecule has 0 atom stereocenters. The quantitative estimate of drug-likeness (QED) is 0.653. The molecule has 0 spiro atoms. The van der Waals surface area contributed by atoms with E-state index in [4.69, 9.17) is 10.5 Å². The molecule has 2 aromatic carbocycles. The molecular weight excluding hydrogens is 268 g/mol. The number of carbonyl (C=O) groups is 2. The summed E-state index contributed by atoms with van der Waals surface area (Å²) in [5, 5.41) is 2.69. The van der Waals surface area contributed by atoms with Crippen molar-refractivity contribution in [2.24, 2.45) is 0 Å². The van der Waals surface area contributed by atoms with Crippen molar-refractivity contribution in [1.29, 1.82) is 0 Å². The van der Waals surface area contributed by atoms with Crippen LogP contribution in [0.4, 0.5) is 11.4 Å². The molecule has 0 aromatic heterocycles. The predicted octanol–water partition coefficient (Wildman–Crippen LogP) is 2.14. The molecule has 3 N–H and O–H groups in total. The smallest absolute Gasteiger partial charge is 0.262 e. The van der Waals surface area contributed by atoms with Crippen LogP contribution in [0.25, 0.3) is 0 Å². The summed E-state index contributed by atoms with van der Waals surface area (Å²) in [5.74, 6) is 0.199. The van der Waals surface area contributed by atoms with Crippen molar-refractivity contribution in [2.45, 2.75) is 6.92 Å². The molecule has 1 amide bonds. The number of ketones is 1. The van der Waals surface area contributed by atoms with Gasteiger partial charge in [0, 0.05) is 16.8 Å². The summed E-state index contributed by atoms with van der Waals surface area (Å²) >= 11 is 0. The molecule has 21 heavy (non-hydrogen) atoms. The van der Waals surface area contributed by atoms with Gasteiger partial charge in [-0.2, -0.15) is 0 Å². The van der Waals surface area contributed by atoms with Gasteiger partial charge in [0.25, 0.3) is 5.91 Å². The van der Waals surface area contributed by atoms with Crippen LogP contribution in [0.1, 0.15) is 21.5 Å². The molecule has 5 nitrogen and oxygen atoms in total. The zero-order valence-corrected chi connectivity index (χ0v) is 11.5. The summed E-state index contributed by atoms with van der Waals surface area (Å²) in [6.07, 6.45) is 0. The fourth-order valence-corrected chi connectivity index (χ4v) is 2.26. The van der Waals surface area contributed by atoms with E-state index in [2.05, 4.69) is 5.32 Å². The van der Waals surface area contributed by atoms with Crippen LogP contribution in [0, 0.1) is 6.92 Å². The van der Waals surface area contributed by atoms with Crippen molar-refractivity contribution in [2.75, 3.05) is 17.7 Å². The highest BCUT2D eigenvalue weighted by atomic mass is 16.5. The molecule has 1 aliphatic rings. The zero-order chi connectivity index (χ0) is 15.0. The summed E-state index contributed by atoms with van der Waals surface area (Å²) in [4.78, 5) is 23.9. The van der Waals surface area contributed by atoms with E-state index in [-0.39, 0.29) is 18.3 Å². The maximum absolute atomic E-state index is 12.6. The highest BCUT2D eigenvalue weighted by Crippen LogP contribution is 2.29. The van der Waals surface area contributed by atoms with Crippen molar-refractivity contribution in [1.82, 2.24) is 0 Å². The number of benzene rings is 2. The van der Waals surface area contributed by atoms with E-state index in [1.54, 1.807) is 30.3 Å². The third kappa shape index (κ3) is 2.45. The summed E-state index contributed by atoms with van der Waals surface area (Å²) < 4.78 is 5.28. The third-order valence-corrected chi connectivity index (χ3v) is 3.38. The van der Waals surface area contributed by atoms with Crippen LogP contribution in [0.15, 0.2) is 36.4 Å². The second-order valence-corrected chi connectivity index (χ2v) is 4.95. The van der Waals surface area contributed by atoms with Gasteiger partial charge in [0.15, 0.2) is 12.4 Å². The number of anilines is 2. The fourth-order valence-electron chi connectivity index (χ4n) is 2.26. The lowest BCUT2D eigenvalue weighted by molar-refractivity contribution is -0.118. The van der Waals surface area contributed by atoms with Gasteiger partial charge in [-0.25, -0.2) is 0 Å². The van der Waals surface area contributed by atoms with E-state index in [1.807, 2.05) is 13.0 Å². The average Bonchev–Trinajstić information content (AvgIpc) is 2.48. The molecule has 0 saturated heterocycles. The zero-order valence-electron chi connectivity index (χ0n) is 11.5. The number of nitrogens with two attached hydrogens (primary N) is 1. The number of rotatable bonds is 2. The van der Waals surface area contributed by atoms with Gasteiger partial charge in [0.1, 0.15) is 5.75 Å². The van der Waals surface area contributed by atoms with Crippen molar-refractivity contribution in [3.8, 4) is 5.75 Å². The molecule has 0 radical (unpaired) electrons. The Labute approximate surface area is 121 Å². The summed E-state index contributed by atoms with van der Waals surface area (Å²) in [6.45, 7) is 1.85. The molecule has 1 heterocycles. The summed E-state index contributed by atoms with van der Waals surface area (Å²) in [6, 6.07) is 10.2. The molecule has 2 aromatic rings. The Balaban J connectivity index is 2.00. The Morgan fingerprint density at radius 3 is 2.86 bits per heavy atom. The Hall–Kier alpha value is -2.82. The maximum atomic E-state index is 12.6. The van der Waals surface area contributed by atoms with Crippen molar-refractivity contribution in [3.05, 3.63) is 53.1 Å². The Bertz CT molecular complexity index is 753. The van der Waals surface area contributed by atoms with E-state index < -0.39 is 0 Å². The van der Waals surface area contributed by atoms with Crippen LogP contribution < -0.4 is 15.8 Å². The van der Waals surface area contributed by atoms with E-state index in [0.717, 1.165) is 5.56 Å². The van der Waals surface area contributed by atoms with Gasteiger partial charge < -0.3 is 15.8 Å². The highest BCUT2D eigenvalue weighted by Gasteiger charge is 2.19. The van der Waals surface area contributed by atoms with Gasteiger partial charge in [0.2, 0.25) is 0 Å². The number of nitrogen functional groups attached to an aromatic ring is 1. The first-order valence-electron chi connectivity index (χ1n) is 6.52. The minimum absolute atomic E-state index is 0.00534. The molecule has 106 valence electrons. The van der Waals surface area contributed by atoms with Crippen LogP contribution in [0.3, 0.4) is 0 Å². The first kappa shape index (κ1) is 13.2. The van der Waals surface area contributed by atoms with Gasteiger partial charge in [-0.15, -0.1) is 0 Å². The first-order chi connectivity index (χ1) is 10.0. The highest BCUT2D eigenvalue weighted by molar-refractivity contribution is 6.11. The first-order valence-corrected chi connectivity index (χ1v) is 6.52. The number of hydrogen-bond donors (Lipinski definition) is 2. The lowest BCUT2D eigenvalue weighted by atomic mass is 9.98. The Kier molecular flexibility index (Phi) is 3.10. The van der Waals surface area contributed by atoms with E-state index >= 15 is 0 Å². The van der Waals surface area contributed by atoms with Crippen LogP contribution >= 0.6 is 0 Å². The van der Waals surface area contributed by atoms with Crippen LogP contribution in [0.5, 0.6) is 5.75 Å². The third-order valence-electron chi connectivity index (χ3n) is 3.38. The van der Waals surface area contributed by atoms with Crippen molar-refractivity contribution in [3.63, 3.8) is 0 Å². The topological polar surface area (TPSA) is 81.4 Å². The van der Waals surface area contributed by atoms with Gasteiger partial charge in [-0.3, -0.25) is 9.59 Å². The van der Waals surface area contributed by atoms with E-state index in [0.29, 0.717) is 28.3 Å². The van der Waals surface area contributed by atoms with Crippen LogP contribution in [0.2, 0.25) is 0 Å². The molecule has 0 bridgehead atoms. The molecule has 0 saturated carbocycles. The number of aryl methyl sites for hydroxylation is 1. The SMILES string of the molecule is Cc1ccc(N)cc1C(=O)c1ccc2c(c1)NC(=O)CO2. The van der Waals surface area contributed by atoms with Crippen molar-refractivity contribution >= 4 is 23.1 Å². The lowest BCUT2D eigenvalue weighted by Gasteiger charge is -2.18. The lowest BCUT2D eigenvalue weighted by Crippen LogP contribution is -2.25. The van der Waals surface area contributed by atoms with Crippen LogP contribution in [-0.4, -0.2) is 18.3 Å². The molecule has 3 rings (SSSR count). The van der Waals surface area contributed by atoms with Gasteiger partial charge in [-0.1, -0.05) is 6.07 Å². The number of fused-ring (bicyclic) bond motifs is 1. The maximum Gasteiger partial charge on any atom is 0.262 e. The van der Waals surface area contributed by atoms with E-state index in [1.165, 1.54) is 0 Å². The van der Waals surface area contributed by atoms with Gasteiger partial charge in [-0.05, 0) is 42.8 Å². The minimum Gasteiger partial charge on any atom is -0.482 e. The number of carbonyl (C=O) groups excluding carboxylic acids is 2. The van der Waals surface area contributed by atoms with Crippen molar-refractivity contribution < 1.29 is 14.3 Å². The van der Waals surface area contributed by atoms with Crippen LogP contribution in [-0.2, 0) is 4.79 Å². The Morgan fingerprint density at radius 2 is 2.05 bits per heavy atom. The van der Waals surface area contributed by atoms with Gasteiger partial charge in [0.05, 0.1) is 5.69 Å². The number of nitrogens with one attached hydrogen (secondary N) is 1. The molecule has 0 fully saturated rings. The standard InChI is InChI=1S/C16H14N2O3/c1-9-2-4-11(17)7-12(9)16(20)10-3-5-14-13(6-10)18-15(19)8-21-14/h2-7H,8,17H2,1H3,(H,18,19).